The molecule has 0 spiro atoms. The Morgan fingerprint density at radius 1 is 1.27 bits per heavy atom. The lowest BCUT2D eigenvalue weighted by Gasteiger charge is -2.34. The Kier molecular flexibility index (Phi) is 7.17. The number of rotatable bonds is 5. The Balaban J connectivity index is 2.64. The molecule has 1 aliphatic rings. The van der Waals surface area contributed by atoms with Crippen LogP contribution in [-0.4, -0.2) is 41.3 Å². The number of nitrogens with zero attached hydrogens (tertiary/aromatic N) is 1. The van der Waals surface area contributed by atoms with E-state index in [0.29, 0.717) is 30.8 Å². The molecule has 22 heavy (non-hydrogen) atoms. The van der Waals surface area contributed by atoms with Crippen molar-refractivity contribution in [2.45, 2.75) is 79.4 Å². The largest absolute Gasteiger partial charge is 0.393 e. The van der Waals surface area contributed by atoms with Crippen molar-refractivity contribution in [1.29, 1.82) is 0 Å². The van der Waals surface area contributed by atoms with Crippen molar-refractivity contribution in [1.82, 2.24) is 10.2 Å². The monoisotopic (exact) mass is 312 g/mol. The fourth-order valence-corrected chi connectivity index (χ4v) is 3.51. The first-order valence-electron chi connectivity index (χ1n) is 8.85. The van der Waals surface area contributed by atoms with Crippen LogP contribution in [0.3, 0.4) is 0 Å². The van der Waals surface area contributed by atoms with Crippen LogP contribution < -0.4 is 5.32 Å². The number of hydrogen-bond donors (Lipinski definition) is 2. The van der Waals surface area contributed by atoms with Crippen LogP contribution in [0.25, 0.3) is 0 Å². The van der Waals surface area contributed by atoms with Crippen molar-refractivity contribution < 1.29 is 9.90 Å². The van der Waals surface area contributed by atoms with Crippen molar-refractivity contribution in [3.05, 3.63) is 0 Å². The summed E-state index contributed by atoms with van der Waals surface area (Å²) in [4.78, 5) is 14.7. The predicted molar refractivity (Wildman–Crippen MR) is 91.8 cm³/mol. The van der Waals surface area contributed by atoms with Gasteiger partial charge in [-0.05, 0) is 49.9 Å². The highest BCUT2D eigenvalue weighted by Crippen LogP contribution is 2.26. The summed E-state index contributed by atoms with van der Waals surface area (Å²) in [5.41, 5.74) is -0.0870. The molecule has 0 aromatic heterocycles. The van der Waals surface area contributed by atoms with E-state index < -0.39 is 0 Å². The number of aliphatic hydroxyl groups excluding tert-OH is 1. The lowest BCUT2D eigenvalue weighted by atomic mass is 9.87. The first-order valence-corrected chi connectivity index (χ1v) is 8.85. The quantitative estimate of drug-likeness (QED) is 0.814. The van der Waals surface area contributed by atoms with Crippen LogP contribution in [0.4, 0.5) is 4.79 Å². The molecular formula is C18H36N2O2. The number of carbonyl (C=O) groups excluding carboxylic acids is 1. The van der Waals surface area contributed by atoms with E-state index in [2.05, 4.69) is 39.9 Å². The van der Waals surface area contributed by atoms with E-state index in [1.165, 1.54) is 6.42 Å². The minimum absolute atomic E-state index is 0.0615. The maximum absolute atomic E-state index is 12.7. The van der Waals surface area contributed by atoms with Gasteiger partial charge in [0.25, 0.3) is 0 Å². The molecule has 4 heteroatoms. The molecule has 2 amide bonds. The van der Waals surface area contributed by atoms with Gasteiger partial charge < -0.3 is 15.3 Å². The zero-order chi connectivity index (χ0) is 16.9. The third-order valence-corrected chi connectivity index (χ3v) is 4.81. The lowest BCUT2D eigenvalue weighted by Crippen LogP contribution is -2.50. The zero-order valence-electron chi connectivity index (χ0n) is 15.4. The minimum atomic E-state index is -0.339. The van der Waals surface area contributed by atoms with Gasteiger partial charge in [0.15, 0.2) is 0 Å². The maximum atomic E-state index is 12.7. The first-order chi connectivity index (χ1) is 10.1. The highest BCUT2D eigenvalue weighted by molar-refractivity contribution is 5.74. The molecule has 2 N–H and O–H groups in total. The van der Waals surface area contributed by atoms with Crippen LogP contribution in [0.5, 0.6) is 0 Å². The molecule has 0 aromatic carbocycles. The molecule has 1 fully saturated rings. The zero-order valence-corrected chi connectivity index (χ0v) is 15.4. The van der Waals surface area contributed by atoms with Gasteiger partial charge in [0.2, 0.25) is 0 Å². The Morgan fingerprint density at radius 3 is 2.45 bits per heavy atom. The Morgan fingerprint density at radius 2 is 1.91 bits per heavy atom. The first kappa shape index (κ1) is 19.3. The summed E-state index contributed by atoms with van der Waals surface area (Å²) < 4.78 is 0. The summed E-state index contributed by atoms with van der Waals surface area (Å²) >= 11 is 0. The average Bonchev–Trinajstić information content (AvgIpc) is 2.56. The van der Waals surface area contributed by atoms with E-state index in [4.69, 9.17) is 0 Å². The average molecular weight is 312 g/mol. The second-order valence-corrected chi connectivity index (χ2v) is 8.35. The molecule has 0 unspecified atom stereocenters. The van der Waals surface area contributed by atoms with Gasteiger partial charge in [-0.25, -0.2) is 4.79 Å². The van der Waals surface area contributed by atoms with Crippen molar-refractivity contribution in [3.8, 4) is 0 Å². The maximum Gasteiger partial charge on any atom is 0.317 e. The molecule has 0 aliphatic carbocycles. The summed E-state index contributed by atoms with van der Waals surface area (Å²) in [7, 11) is 0. The summed E-state index contributed by atoms with van der Waals surface area (Å²) in [6.07, 6.45) is 3.75. The fourth-order valence-electron chi connectivity index (χ4n) is 3.51. The van der Waals surface area contributed by atoms with Gasteiger partial charge in [0.1, 0.15) is 0 Å². The van der Waals surface area contributed by atoms with Gasteiger partial charge in [-0.2, -0.15) is 0 Å². The third kappa shape index (κ3) is 6.15. The van der Waals surface area contributed by atoms with E-state index in [1.54, 1.807) is 6.92 Å². The number of hydrogen-bond acceptors (Lipinski definition) is 2. The van der Waals surface area contributed by atoms with Crippen molar-refractivity contribution in [3.63, 3.8) is 0 Å². The summed E-state index contributed by atoms with van der Waals surface area (Å²) in [5.74, 6) is 1.19. The third-order valence-electron chi connectivity index (χ3n) is 4.81. The van der Waals surface area contributed by atoms with E-state index in [-0.39, 0.29) is 17.6 Å². The predicted octanol–water partition coefficient (Wildman–Crippen LogP) is 3.64. The molecule has 4 nitrogen and oxygen atoms in total. The summed E-state index contributed by atoms with van der Waals surface area (Å²) in [5, 5.41) is 12.7. The molecule has 130 valence electrons. The molecule has 0 bridgehead atoms. The molecule has 1 saturated heterocycles. The van der Waals surface area contributed by atoms with E-state index in [9.17, 15) is 9.90 Å². The van der Waals surface area contributed by atoms with Crippen LogP contribution >= 0.6 is 0 Å². The number of carbonyl (C=O) groups is 1. The van der Waals surface area contributed by atoms with Crippen LogP contribution in [0, 0.1) is 17.3 Å². The van der Waals surface area contributed by atoms with Gasteiger partial charge in [0, 0.05) is 19.1 Å². The second kappa shape index (κ2) is 8.19. The molecule has 1 rings (SSSR count). The van der Waals surface area contributed by atoms with E-state index in [1.807, 2.05) is 4.90 Å². The molecule has 0 aromatic rings. The molecule has 1 heterocycles. The van der Waals surface area contributed by atoms with E-state index >= 15 is 0 Å². The highest BCUT2D eigenvalue weighted by Gasteiger charge is 2.30. The van der Waals surface area contributed by atoms with Crippen molar-refractivity contribution >= 4 is 6.03 Å². The number of likely N-dealkylation sites (tertiary alicyclic amines) is 1. The van der Waals surface area contributed by atoms with Gasteiger partial charge in [0.05, 0.1) is 6.10 Å². The SMILES string of the molecule is CC(C)[C@H]1CC[C@@H](C)CCN1C(=O)NCC(C)(C)C[C@H](C)O. The minimum Gasteiger partial charge on any atom is -0.393 e. The summed E-state index contributed by atoms with van der Waals surface area (Å²) in [6.45, 7) is 14.1. The number of nitrogens with one attached hydrogen (secondary N) is 1. The van der Waals surface area contributed by atoms with Crippen molar-refractivity contribution in [2.75, 3.05) is 13.1 Å². The molecule has 1 aliphatic heterocycles. The Labute approximate surface area is 136 Å². The standard InChI is InChI=1S/C18H36N2O2/c1-13(2)16-8-7-14(3)9-10-20(16)17(22)19-12-18(5,6)11-15(4)21/h13-16,21H,7-12H2,1-6H3,(H,19,22)/t14-,15+,16-/m1/s1. The van der Waals surface area contributed by atoms with Gasteiger partial charge in [-0.3, -0.25) is 0 Å². The Hall–Kier alpha value is -0.770. The normalized spacial score (nSPS) is 25.0. The van der Waals surface area contributed by atoms with Crippen LogP contribution in [0.1, 0.15) is 67.2 Å². The fraction of sp³-hybridized carbons (Fsp3) is 0.944. The van der Waals surface area contributed by atoms with E-state index in [0.717, 1.165) is 19.4 Å². The van der Waals surface area contributed by atoms with Crippen LogP contribution in [0.2, 0.25) is 0 Å². The lowest BCUT2D eigenvalue weighted by molar-refractivity contribution is 0.122. The number of aliphatic hydroxyl groups is 1. The van der Waals surface area contributed by atoms with Crippen LogP contribution in [-0.2, 0) is 0 Å². The topological polar surface area (TPSA) is 52.6 Å². The highest BCUT2D eigenvalue weighted by atomic mass is 16.3. The van der Waals surface area contributed by atoms with Gasteiger partial charge in [-0.15, -0.1) is 0 Å². The van der Waals surface area contributed by atoms with Crippen molar-refractivity contribution in [2.24, 2.45) is 17.3 Å². The van der Waals surface area contributed by atoms with Gasteiger partial charge >= 0.3 is 6.03 Å². The molecular weight excluding hydrogens is 276 g/mol. The van der Waals surface area contributed by atoms with Gasteiger partial charge in [-0.1, -0.05) is 34.6 Å². The second-order valence-electron chi connectivity index (χ2n) is 8.35. The number of urea groups is 1. The molecule has 0 radical (unpaired) electrons. The number of amides is 2. The summed E-state index contributed by atoms with van der Waals surface area (Å²) in [6, 6.07) is 0.399. The molecule has 0 saturated carbocycles. The molecule has 3 atom stereocenters. The Bertz CT molecular complexity index is 353. The van der Waals surface area contributed by atoms with Crippen LogP contribution in [0.15, 0.2) is 0 Å². The smallest absolute Gasteiger partial charge is 0.317 e.